The largest absolute Gasteiger partial charge is 0.444 e. The Morgan fingerprint density at radius 3 is 2.65 bits per heavy atom. The first-order chi connectivity index (χ1) is 11.1. The van der Waals surface area contributed by atoms with Gasteiger partial charge in [0.1, 0.15) is 6.33 Å². The molecule has 0 aliphatic rings. The van der Waals surface area contributed by atoms with Gasteiger partial charge in [-0.2, -0.15) is 5.10 Å². The topological polar surface area (TPSA) is 98.2 Å². The number of rotatable bonds is 4. The van der Waals surface area contributed by atoms with Crippen LogP contribution >= 0.6 is 15.9 Å². The smallest absolute Gasteiger partial charge is 0.307 e. The fourth-order valence-corrected chi connectivity index (χ4v) is 2.13. The molecule has 0 radical (unpaired) electrons. The average Bonchev–Trinajstić information content (AvgIpc) is 3.24. The number of halogens is 1. The van der Waals surface area contributed by atoms with Crippen molar-refractivity contribution in [2.75, 3.05) is 0 Å². The van der Waals surface area contributed by atoms with Crippen molar-refractivity contribution in [1.29, 1.82) is 0 Å². The minimum atomic E-state index is -0.416. The first kappa shape index (κ1) is 15.1. The summed E-state index contributed by atoms with van der Waals surface area (Å²) in [4.78, 5) is 11.8. The van der Waals surface area contributed by atoms with E-state index < -0.39 is 5.91 Å². The summed E-state index contributed by atoms with van der Waals surface area (Å²) < 4.78 is 7.19. The molecule has 0 saturated heterocycles. The SMILES string of the molecule is C/C(=N\NC(=O)c1ccc(Br)o1)c1ccc(-n2cnnn2)cc1. The Hall–Kier alpha value is -2.81. The minimum Gasteiger partial charge on any atom is -0.444 e. The first-order valence-corrected chi connectivity index (χ1v) is 7.36. The molecule has 0 fully saturated rings. The van der Waals surface area contributed by atoms with Crippen molar-refractivity contribution in [3.05, 3.63) is 58.7 Å². The monoisotopic (exact) mass is 374 g/mol. The summed E-state index contributed by atoms with van der Waals surface area (Å²) >= 11 is 3.14. The van der Waals surface area contributed by atoms with Crippen LogP contribution in [0.4, 0.5) is 0 Å². The summed E-state index contributed by atoms with van der Waals surface area (Å²) in [6.07, 6.45) is 1.51. The van der Waals surface area contributed by atoms with Crippen LogP contribution in [0, 0.1) is 0 Å². The molecule has 1 amide bonds. The molecular weight excluding hydrogens is 364 g/mol. The van der Waals surface area contributed by atoms with E-state index in [4.69, 9.17) is 4.42 Å². The van der Waals surface area contributed by atoms with Gasteiger partial charge in [0, 0.05) is 0 Å². The highest BCUT2D eigenvalue weighted by atomic mass is 79.9. The van der Waals surface area contributed by atoms with Crippen molar-refractivity contribution in [2.45, 2.75) is 6.92 Å². The Labute approximate surface area is 139 Å². The van der Waals surface area contributed by atoms with Gasteiger partial charge in [-0.25, -0.2) is 10.1 Å². The molecule has 3 aromatic rings. The van der Waals surface area contributed by atoms with Crippen molar-refractivity contribution in [3.63, 3.8) is 0 Å². The van der Waals surface area contributed by atoms with Crippen LogP contribution in [0.5, 0.6) is 0 Å². The Kier molecular flexibility index (Phi) is 4.29. The molecule has 0 saturated carbocycles. The molecule has 2 heterocycles. The van der Waals surface area contributed by atoms with E-state index in [1.807, 2.05) is 24.3 Å². The van der Waals surface area contributed by atoms with Crippen molar-refractivity contribution in [2.24, 2.45) is 5.10 Å². The number of nitrogens with zero attached hydrogens (tertiary/aromatic N) is 5. The van der Waals surface area contributed by atoms with Crippen molar-refractivity contribution in [3.8, 4) is 5.69 Å². The van der Waals surface area contributed by atoms with Gasteiger partial charge in [-0.15, -0.1) is 5.10 Å². The summed E-state index contributed by atoms with van der Waals surface area (Å²) in [5.74, 6) is -0.234. The third-order valence-electron chi connectivity index (χ3n) is 3.02. The van der Waals surface area contributed by atoms with Crippen LogP contribution in [0.2, 0.25) is 0 Å². The van der Waals surface area contributed by atoms with Crippen molar-refractivity contribution in [1.82, 2.24) is 25.6 Å². The van der Waals surface area contributed by atoms with Gasteiger partial charge in [0.25, 0.3) is 0 Å². The molecule has 0 atom stereocenters. The van der Waals surface area contributed by atoms with Gasteiger partial charge in [0.05, 0.1) is 11.4 Å². The maximum absolute atomic E-state index is 11.8. The molecule has 116 valence electrons. The minimum absolute atomic E-state index is 0.183. The number of benzene rings is 1. The van der Waals surface area contributed by atoms with Crippen LogP contribution in [0.1, 0.15) is 23.0 Å². The number of tetrazole rings is 1. The Morgan fingerprint density at radius 2 is 2.04 bits per heavy atom. The quantitative estimate of drug-likeness (QED) is 0.557. The molecule has 8 nitrogen and oxygen atoms in total. The predicted molar refractivity (Wildman–Crippen MR) is 85.2 cm³/mol. The van der Waals surface area contributed by atoms with Crippen molar-refractivity contribution < 1.29 is 9.21 Å². The van der Waals surface area contributed by atoms with E-state index in [0.717, 1.165) is 11.3 Å². The number of aromatic nitrogens is 4. The van der Waals surface area contributed by atoms with Crippen LogP contribution in [-0.4, -0.2) is 31.8 Å². The third-order valence-corrected chi connectivity index (χ3v) is 3.45. The number of hydrogen-bond acceptors (Lipinski definition) is 6. The van der Waals surface area contributed by atoms with Crippen LogP contribution in [0.3, 0.4) is 0 Å². The average molecular weight is 375 g/mol. The summed E-state index contributed by atoms with van der Waals surface area (Å²) in [7, 11) is 0. The molecule has 2 aromatic heterocycles. The molecule has 0 unspecified atom stereocenters. The van der Waals surface area contributed by atoms with Crippen molar-refractivity contribution >= 4 is 27.5 Å². The fraction of sp³-hybridized carbons (Fsp3) is 0.0714. The fourth-order valence-electron chi connectivity index (χ4n) is 1.83. The molecule has 1 N–H and O–H groups in total. The first-order valence-electron chi connectivity index (χ1n) is 6.57. The lowest BCUT2D eigenvalue weighted by Crippen LogP contribution is -2.18. The Bertz CT molecular complexity index is 839. The highest BCUT2D eigenvalue weighted by Crippen LogP contribution is 2.14. The number of amides is 1. The van der Waals surface area contributed by atoms with Gasteiger partial charge in [0.2, 0.25) is 0 Å². The zero-order valence-corrected chi connectivity index (χ0v) is 13.6. The molecule has 0 spiro atoms. The second-order valence-corrected chi connectivity index (χ2v) is 5.32. The molecule has 3 rings (SSSR count). The highest BCUT2D eigenvalue weighted by molar-refractivity contribution is 9.10. The van der Waals surface area contributed by atoms with E-state index >= 15 is 0 Å². The lowest BCUT2D eigenvalue weighted by Gasteiger charge is -2.03. The van der Waals surface area contributed by atoms with Gasteiger partial charge in [-0.3, -0.25) is 4.79 Å². The number of nitrogens with one attached hydrogen (secondary N) is 1. The van der Waals surface area contributed by atoms with E-state index in [1.54, 1.807) is 23.7 Å². The van der Waals surface area contributed by atoms with E-state index in [-0.39, 0.29) is 5.76 Å². The second kappa shape index (κ2) is 6.53. The zero-order chi connectivity index (χ0) is 16.2. The van der Waals surface area contributed by atoms with Crippen LogP contribution in [-0.2, 0) is 0 Å². The standard InChI is InChI=1S/C14H11BrN6O2/c1-9(17-18-14(22)12-6-7-13(15)23-12)10-2-4-11(5-3-10)21-8-16-19-20-21/h2-8H,1H3,(H,18,22)/b17-9+. The van der Waals surface area contributed by atoms with Gasteiger partial charge >= 0.3 is 5.91 Å². The summed E-state index contributed by atoms with van der Waals surface area (Å²) in [5.41, 5.74) is 4.80. The predicted octanol–water partition coefficient (Wildman–Crippen LogP) is 2.17. The molecule has 9 heteroatoms. The highest BCUT2D eigenvalue weighted by Gasteiger charge is 2.09. The Balaban J connectivity index is 1.70. The maximum atomic E-state index is 11.8. The maximum Gasteiger partial charge on any atom is 0.307 e. The lowest BCUT2D eigenvalue weighted by atomic mass is 10.1. The van der Waals surface area contributed by atoms with Gasteiger partial charge in [-0.05, 0) is 63.1 Å². The third kappa shape index (κ3) is 3.51. The van der Waals surface area contributed by atoms with E-state index in [0.29, 0.717) is 10.4 Å². The molecule has 1 aromatic carbocycles. The molecular formula is C14H11BrN6O2. The second-order valence-electron chi connectivity index (χ2n) is 4.54. The molecule has 0 bridgehead atoms. The summed E-state index contributed by atoms with van der Waals surface area (Å²) in [6, 6.07) is 10.7. The number of hydrazone groups is 1. The normalized spacial score (nSPS) is 11.5. The van der Waals surface area contributed by atoms with Crippen LogP contribution < -0.4 is 5.43 Å². The van der Waals surface area contributed by atoms with Gasteiger partial charge < -0.3 is 4.42 Å². The van der Waals surface area contributed by atoms with E-state index in [1.165, 1.54) is 6.33 Å². The summed E-state index contributed by atoms with van der Waals surface area (Å²) in [6.45, 7) is 1.80. The number of hydrogen-bond donors (Lipinski definition) is 1. The molecule has 0 aliphatic heterocycles. The molecule has 23 heavy (non-hydrogen) atoms. The van der Waals surface area contributed by atoms with Crippen LogP contribution in [0.15, 0.2) is 56.9 Å². The zero-order valence-electron chi connectivity index (χ0n) is 12.0. The number of carbonyl (C=O) groups excluding carboxylic acids is 1. The van der Waals surface area contributed by atoms with E-state index in [9.17, 15) is 4.79 Å². The van der Waals surface area contributed by atoms with Crippen LogP contribution in [0.25, 0.3) is 5.69 Å². The number of furan rings is 1. The van der Waals surface area contributed by atoms with Gasteiger partial charge in [-0.1, -0.05) is 12.1 Å². The Morgan fingerprint density at radius 1 is 1.26 bits per heavy atom. The van der Waals surface area contributed by atoms with E-state index in [2.05, 4.69) is 42.0 Å². The van der Waals surface area contributed by atoms with Gasteiger partial charge in [0.15, 0.2) is 10.4 Å². The molecule has 0 aliphatic carbocycles. The number of carbonyl (C=O) groups is 1. The lowest BCUT2D eigenvalue weighted by molar-refractivity contribution is 0.0926. The summed E-state index contributed by atoms with van der Waals surface area (Å²) in [5, 5.41) is 15.0.